The highest BCUT2D eigenvalue weighted by molar-refractivity contribution is 5.53. The fraction of sp³-hybridized carbons (Fsp3) is 0.250. The van der Waals surface area contributed by atoms with Crippen LogP contribution >= 0.6 is 0 Å². The minimum absolute atomic E-state index is 0.0908. The average Bonchev–Trinajstić information content (AvgIpc) is 2.71. The van der Waals surface area contributed by atoms with E-state index < -0.39 is 11.6 Å². The number of aromatic nitrogens is 3. The molecule has 0 saturated carbocycles. The van der Waals surface area contributed by atoms with Crippen LogP contribution in [-0.2, 0) is 19.5 Å². The van der Waals surface area contributed by atoms with Crippen LogP contribution in [0.25, 0.3) is 11.4 Å². The van der Waals surface area contributed by atoms with Crippen molar-refractivity contribution in [2.75, 3.05) is 13.7 Å². The van der Waals surface area contributed by atoms with E-state index in [1.165, 1.54) is 13.2 Å². The molecule has 1 aliphatic heterocycles. The number of hydrogen-bond acceptors (Lipinski definition) is 6. The molecule has 0 aliphatic carbocycles. The Morgan fingerprint density at radius 2 is 2.25 bits per heavy atom. The van der Waals surface area contributed by atoms with Crippen LogP contribution in [0.4, 0.5) is 4.39 Å². The van der Waals surface area contributed by atoms with Gasteiger partial charge in [-0.2, -0.15) is 0 Å². The molecule has 144 valence electrons. The van der Waals surface area contributed by atoms with Crippen molar-refractivity contribution in [2.24, 2.45) is 0 Å². The number of halogens is 1. The zero-order valence-electron chi connectivity index (χ0n) is 15.3. The highest BCUT2D eigenvalue weighted by Gasteiger charge is 2.22. The van der Waals surface area contributed by atoms with Crippen molar-refractivity contribution in [1.82, 2.24) is 19.9 Å². The number of nitrogens with zero attached hydrogens (tertiary/aromatic N) is 3. The second-order valence-electron chi connectivity index (χ2n) is 6.67. The van der Waals surface area contributed by atoms with E-state index in [0.29, 0.717) is 43.0 Å². The van der Waals surface area contributed by atoms with E-state index in [-0.39, 0.29) is 11.3 Å². The molecule has 0 fully saturated rings. The number of rotatable bonds is 4. The van der Waals surface area contributed by atoms with Crippen LogP contribution in [0.15, 0.2) is 41.5 Å². The number of aromatic hydroxyl groups is 1. The summed E-state index contributed by atoms with van der Waals surface area (Å²) in [7, 11) is 1.38. The van der Waals surface area contributed by atoms with E-state index in [9.17, 15) is 14.3 Å². The third-order valence-corrected chi connectivity index (χ3v) is 4.80. The maximum atomic E-state index is 13.9. The Kier molecular flexibility index (Phi) is 4.79. The van der Waals surface area contributed by atoms with Gasteiger partial charge >= 0.3 is 0 Å². The molecule has 0 bridgehead atoms. The number of aromatic amines is 1. The summed E-state index contributed by atoms with van der Waals surface area (Å²) < 4.78 is 18.9. The second-order valence-corrected chi connectivity index (χ2v) is 6.67. The lowest BCUT2D eigenvalue weighted by Gasteiger charge is -2.28. The fourth-order valence-electron chi connectivity index (χ4n) is 3.39. The highest BCUT2D eigenvalue weighted by atomic mass is 19.1. The zero-order chi connectivity index (χ0) is 19.7. The number of H-pyrrole nitrogens is 1. The van der Waals surface area contributed by atoms with Gasteiger partial charge in [-0.25, -0.2) is 9.37 Å². The Morgan fingerprint density at radius 1 is 1.39 bits per heavy atom. The van der Waals surface area contributed by atoms with E-state index in [1.807, 2.05) is 11.0 Å². The van der Waals surface area contributed by atoms with Crippen molar-refractivity contribution < 1.29 is 14.2 Å². The van der Waals surface area contributed by atoms with Crippen molar-refractivity contribution in [3.63, 3.8) is 0 Å². The van der Waals surface area contributed by atoms with Gasteiger partial charge in [0.15, 0.2) is 17.3 Å². The van der Waals surface area contributed by atoms with E-state index in [2.05, 4.69) is 15.0 Å². The van der Waals surface area contributed by atoms with Crippen LogP contribution in [-0.4, -0.2) is 38.6 Å². The molecule has 4 rings (SSSR count). The summed E-state index contributed by atoms with van der Waals surface area (Å²) in [6.45, 7) is 1.52. The summed E-state index contributed by atoms with van der Waals surface area (Å²) in [5.74, 6) is -0.630. The zero-order valence-corrected chi connectivity index (χ0v) is 15.3. The summed E-state index contributed by atoms with van der Waals surface area (Å²) in [6, 6.07) is 6.52. The van der Waals surface area contributed by atoms with Crippen molar-refractivity contribution >= 4 is 0 Å². The Morgan fingerprint density at radius 3 is 3.00 bits per heavy atom. The molecule has 0 saturated heterocycles. The third-order valence-electron chi connectivity index (χ3n) is 4.80. The monoisotopic (exact) mass is 382 g/mol. The lowest BCUT2D eigenvalue weighted by Crippen LogP contribution is -2.35. The molecular weight excluding hydrogens is 363 g/mol. The molecule has 0 radical (unpaired) electrons. The highest BCUT2D eigenvalue weighted by Crippen LogP contribution is 2.31. The summed E-state index contributed by atoms with van der Waals surface area (Å²) in [4.78, 5) is 26.1. The number of fused-ring (bicyclic) bond motifs is 1. The normalized spacial score (nSPS) is 13.9. The van der Waals surface area contributed by atoms with Crippen LogP contribution < -0.4 is 10.3 Å². The van der Waals surface area contributed by atoms with Gasteiger partial charge in [0.2, 0.25) is 0 Å². The molecule has 2 aromatic heterocycles. The summed E-state index contributed by atoms with van der Waals surface area (Å²) in [6.07, 6.45) is 3.94. The molecule has 3 heterocycles. The van der Waals surface area contributed by atoms with Crippen LogP contribution in [0.2, 0.25) is 0 Å². The van der Waals surface area contributed by atoms with Gasteiger partial charge in [-0.15, -0.1) is 0 Å². The number of nitrogens with one attached hydrogen (secondary N) is 1. The Labute approximate surface area is 160 Å². The molecule has 0 atom stereocenters. The SMILES string of the molecule is COc1cc(CN2CCc3nc(-c4cccnc4)[nH]c(=O)c3C2)cc(F)c1O. The number of ether oxygens (including phenoxy) is 1. The quantitative estimate of drug-likeness (QED) is 0.719. The number of phenols is 1. The number of pyridine rings is 1. The molecular formula is C20H19FN4O3. The van der Waals surface area contributed by atoms with E-state index in [4.69, 9.17) is 4.74 Å². The molecule has 0 spiro atoms. The first-order chi connectivity index (χ1) is 13.5. The fourth-order valence-corrected chi connectivity index (χ4v) is 3.39. The molecule has 3 aromatic rings. The maximum absolute atomic E-state index is 13.9. The molecule has 8 heteroatoms. The lowest BCUT2D eigenvalue weighted by molar-refractivity contribution is 0.240. The first-order valence-electron chi connectivity index (χ1n) is 8.85. The van der Waals surface area contributed by atoms with Crippen LogP contribution in [0, 0.1) is 5.82 Å². The molecule has 0 unspecified atom stereocenters. The van der Waals surface area contributed by atoms with Gasteiger partial charge in [-0.05, 0) is 29.8 Å². The number of hydrogen-bond donors (Lipinski definition) is 2. The Hall–Kier alpha value is -3.26. The van der Waals surface area contributed by atoms with Crippen molar-refractivity contribution in [2.45, 2.75) is 19.5 Å². The molecule has 28 heavy (non-hydrogen) atoms. The van der Waals surface area contributed by atoms with Crippen LogP contribution in [0.5, 0.6) is 11.5 Å². The van der Waals surface area contributed by atoms with Gasteiger partial charge in [0.25, 0.3) is 5.56 Å². The predicted octanol–water partition coefficient (Wildman–Crippen LogP) is 2.24. The summed E-state index contributed by atoms with van der Waals surface area (Å²) in [5, 5.41) is 9.64. The largest absolute Gasteiger partial charge is 0.502 e. The smallest absolute Gasteiger partial charge is 0.255 e. The van der Waals surface area contributed by atoms with Gasteiger partial charge in [-0.3, -0.25) is 14.7 Å². The third kappa shape index (κ3) is 3.46. The topological polar surface area (TPSA) is 91.3 Å². The predicted molar refractivity (Wildman–Crippen MR) is 101 cm³/mol. The van der Waals surface area contributed by atoms with Gasteiger partial charge < -0.3 is 14.8 Å². The van der Waals surface area contributed by atoms with E-state index in [1.54, 1.807) is 24.5 Å². The second kappa shape index (κ2) is 7.40. The molecule has 0 amide bonds. The van der Waals surface area contributed by atoms with Gasteiger partial charge in [0, 0.05) is 44.0 Å². The van der Waals surface area contributed by atoms with Crippen molar-refractivity contribution in [1.29, 1.82) is 0 Å². The summed E-state index contributed by atoms with van der Waals surface area (Å²) in [5.41, 5.74) is 2.63. The van der Waals surface area contributed by atoms with E-state index >= 15 is 0 Å². The minimum atomic E-state index is -0.729. The minimum Gasteiger partial charge on any atom is -0.502 e. The van der Waals surface area contributed by atoms with Crippen molar-refractivity contribution in [3.8, 4) is 22.9 Å². The van der Waals surface area contributed by atoms with Gasteiger partial charge in [0.1, 0.15) is 5.82 Å². The summed E-state index contributed by atoms with van der Waals surface area (Å²) >= 11 is 0. The van der Waals surface area contributed by atoms with Crippen molar-refractivity contribution in [3.05, 3.63) is 69.7 Å². The lowest BCUT2D eigenvalue weighted by atomic mass is 10.1. The molecule has 2 N–H and O–H groups in total. The van der Waals surface area contributed by atoms with Gasteiger partial charge in [-0.1, -0.05) is 0 Å². The standard InChI is InChI=1S/C20H19FN4O3/c1-28-17-8-12(7-15(21)18(17)26)10-25-6-4-16-14(11-25)20(27)24-19(23-16)13-3-2-5-22-9-13/h2-3,5,7-9,26H,4,6,10-11H2,1H3,(H,23,24,27). The number of methoxy groups -OCH3 is 1. The van der Waals surface area contributed by atoms with Crippen LogP contribution in [0.1, 0.15) is 16.8 Å². The first kappa shape index (κ1) is 18.1. The maximum Gasteiger partial charge on any atom is 0.255 e. The molecule has 1 aliphatic rings. The number of phenolic OH excluding ortho intramolecular Hbond substituents is 1. The molecule has 1 aromatic carbocycles. The Balaban J connectivity index is 1.57. The molecule has 7 nitrogen and oxygen atoms in total. The van der Waals surface area contributed by atoms with E-state index in [0.717, 1.165) is 11.3 Å². The Bertz CT molecular complexity index is 1070. The first-order valence-corrected chi connectivity index (χ1v) is 8.85. The van der Waals surface area contributed by atoms with Crippen LogP contribution in [0.3, 0.4) is 0 Å². The van der Waals surface area contributed by atoms with Gasteiger partial charge in [0.05, 0.1) is 18.4 Å². The number of benzene rings is 1. The average molecular weight is 382 g/mol.